The molecular formula is C38H29N3O3S4. The predicted octanol–water partition coefficient (Wildman–Crippen LogP) is 10.8. The smallest absolute Gasteiger partial charge is 0.264 e. The molecule has 238 valence electrons. The zero-order valence-corrected chi connectivity index (χ0v) is 29.3. The van der Waals surface area contributed by atoms with Crippen molar-refractivity contribution in [2.75, 3.05) is 6.54 Å². The number of thiophene rings is 4. The summed E-state index contributed by atoms with van der Waals surface area (Å²) < 4.78 is 1.70. The molecule has 0 spiro atoms. The number of rotatable bonds is 10. The molecule has 9 rings (SSSR count). The summed E-state index contributed by atoms with van der Waals surface area (Å²) in [7, 11) is 0. The van der Waals surface area contributed by atoms with Gasteiger partial charge >= 0.3 is 0 Å². The standard InChI is InChI=1S/C38H29N3O3S4/c1-2-3-4-5-6-7-18-40-36(42)22-11-10-21-31-24(13-12-23(32(22)31)37(40)43)38(44)41-25-20-46-34(33(25)39-35(21)41)30-17-16-29(48-30)28-15-14-27(47-28)26-9-8-19-45-26/h8-17,19-20H,2-7,18H2,1H3. The topological polar surface area (TPSA) is 71.8 Å². The Labute approximate surface area is 291 Å². The van der Waals surface area contributed by atoms with Crippen LogP contribution >= 0.6 is 45.3 Å². The van der Waals surface area contributed by atoms with Gasteiger partial charge in [0.05, 0.1) is 10.4 Å². The van der Waals surface area contributed by atoms with Crippen molar-refractivity contribution < 1.29 is 9.59 Å². The van der Waals surface area contributed by atoms with Gasteiger partial charge in [0.1, 0.15) is 11.2 Å². The largest absolute Gasteiger partial charge is 0.274 e. The first-order chi connectivity index (χ1) is 23.5. The van der Waals surface area contributed by atoms with Crippen molar-refractivity contribution in [3.05, 3.63) is 92.9 Å². The van der Waals surface area contributed by atoms with Gasteiger partial charge < -0.3 is 0 Å². The zero-order chi connectivity index (χ0) is 32.5. The second-order valence-electron chi connectivity index (χ2n) is 12.3. The average Bonchev–Trinajstić information content (AvgIpc) is 3.93. The highest BCUT2D eigenvalue weighted by Gasteiger charge is 2.34. The van der Waals surface area contributed by atoms with E-state index < -0.39 is 0 Å². The number of aromatic nitrogens is 2. The second kappa shape index (κ2) is 11.7. The van der Waals surface area contributed by atoms with Crippen LogP contribution in [-0.4, -0.2) is 32.6 Å². The van der Waals surface area contributed by atoms with Crippen molar-refractivity contribution >= 4 is 95.4 Å². The number of imide groups is 1. The highest BCUT2D eigenvalue weighted by molar-refractivity contribution is 7.28. The molecule has 48 heavy (non-hydrogen) atoms. The minimum absolute atomic E-state index is 0.186. The number of imidazole rings is 1. The van der Waals surface area contributed by atoms with Crippen LogP contribution < -0.4 is 5.56 Å². The summed E-state index contributed by atoms with van der Waals surface area (Å²) in [6, 6.07) is 20.1. The zero-order valence-electron chi connectivity index (χ0n) is 26.1. The van der Waals surface area contributed by atoms with Gasteiger partial charge in [0.25, 0.3) is 17.4 Å². The molecular weight excluding hydrogens is 675 g/mol. The number of benzene rings is 2. The van der Waals surface area contributed by atoms with E-state index in [0.29, 0.717) is 39.5 Å². The summed E-state index contributed by atoms with van der Waals surface area (Å²) in [6.07, 6.45) is 6.45. The summed E-state index contributed by atoms with van der Waals surface area (Å²) in [5.74, 6) is -0.563. The number of carbonyl (C=O) groups excluding carboxylic acids is 2. The third-order valence-corrected chi connectivity index (χ3v) is 13.9. The van der Waals surface area contributed by atoms with Crippen LogP contribution in [0.15, 0.2) is 76.2 Å². The lowest BCUT2D eigenvalue weighted by atomic mass is 9.90. The molecule has 6 aromatic heterocycles. The molecule has 6 nitrogen and oxygen atoms in total. The van der Waals surface area contributed by atoms with Crippen LogP contribution in [0, 0.1) is 0 Å². The highest BCUT2D eigenvalue weighted by atomic mass is 32.1. The second-order valence-corrected chi connectivity index (χ2v) is 16.3. The van der Waals surface area contributed by atoms with Gasteiger partial charge in [-0.3, -0.25) is 23.7 Å². The molecule has 0 radical (unpaired) electrons. The van der Waals surface area contributed by atoms with E-state index >= 15 is 0 Å². The van der Waals surface area contributed by atoms with E-state index in [9.17, 15) is 14.4 Å². The molecule has 2 amide bonds. The average molecular weight is 704 g/mol. The molecule has 2 aromatic carbocycles. The Hall–Kier alpha value is -4.22. The summed E-state index contributed by atoms with van der Waals surface area (Å²) in [6.45, 7) is 2.59. The van der Waals surface area contributed by atoms with Crippen molar-refractivity contribution in [3.63, 3.8) is 0 Å². The molecule has 0 atom stereocenters. The molecule has 0 N–H and O–H groups in total. The number of nitrogens with zero attached hydrogens (tertiary/aromatic N) is 3. The fourth-order valence-corrected chi connectivity index (χ4v) is 11.1. The van der Waals surface area contributed by atoms with Crippen molar-refractivity contribution in [1.82, 2.24) is 14.3 Å². The molecule has 1 aliphatic heterocycles. The number of carbonyl (C=O) groups is 2. The number of hydrogen-bond acceptors (Lipinski definition) is 8. The minimum atomic E-state index is -0.282. The SMILES string of the molecule is CCCCCCCCN1C(=O)c2ccc3c(=O)n4c5csc(-c6ccc(-c7ccc(-c8cccs8)s7)s6)c5nc4c4ccc(c2c34)C1=O. The lowest BCUT2D eigenvalue weighted by molar-refractivity contribution is 0.0608. The third kappa shape index (κ3) is 4.53. The number of unbranched alkanes of at least 4 members (excludes halogenated alkanes) is 5. The van der Waals surface area contributed by atoms with Crippen molar-refractivity contribution in [2.24, 2.45) is 0 Å². The summed E-state index contributed by atoms with van der Waals surface area (Å²) in [5.41, 5.74) is 2.89. The van der Waals surface area contributed by atoms with Crippen LogP contribution in [0.3, 0.4) is 0 Å². The number of fused-ring (bicyclic) bond motifs is 4. The van der Waals surface area contributed by atoms with E-state index in [1.807, 2.05) is 17.5 Å². The molecule has 10 heteroatoms. The van der Waals surface area contributed by atoms with E-state index in [2.05, 4.69) is 48.7 Å². The quantitative estimate of drug-likeness (QED) is 0.105. The Morgan fingerprint density at radius 3 is 2.06 bits per heavy atom. The summed E-state index contributed by atoms with van der Waals surface area (Å²) in [5, 5.41) is 6.61. The van der Waals surface area contributed by atoms with Crippen molar-refractivity contribution in [1.29, 1.82) is 0 Å². The fraction of sp³-hybridized carbons (Fsp3) is 0.211. The monoisotopic (exact) mass is 703 g/mol. The van der Waals surface area contributed by atoms with E-state index in [1.54, 1.807) is 61.9 Å². The van der Waals surface area contributed by atoms with Gasteiger partial charge in [0.2, 0.25) is 0 Å². The van der Waals surface area contributed by atoms with Crippen LogP contribution in [0.5, 0.6) is 0 Å². The molecule has 0 saturated carbocycles. The van der Waals surface area contributed by atoms with E-state index in [4.69, 9.17) is 4.98 Å². The highest BCUT2D eigenvalue weighted by Crippen LogP contribution is 2.45. The van der Waals surface area contributed by atoms with Crippen LogP contribution in [0.25, 0.3) is 67.5 Å². The van der Waals surface area contributed by atoms with Gasteiger partial charge in [-0.1, -0.05) is 45.1 Å². The normalized spacial score (nSPS) is 13.4. The van der Waals surface area contributed by atoms with Crippen molar-refractivity contribution in [3.8, 4) is 29.3 Å². The molecule has 7 heterocycles. The van der Waals surface area contributed by atoms with Gasteiger partial charge in [-0.05, 0) is 66.4 Å². The van der Waals surface area contributed by atoms with Crippen LogP contribution in [0.4, 0.5) is 0 Å². The van der Waals surface area contributed by atoms with Gasteiger partial charge in [0.15, 0.2) is 0 Å². The van der Waals surface area contributed by atoms with Crippen LogP contribution in [0.2, 0.25) is 0 Å². The Balaban J connectivity index is 1.11. The lowest BCUT2D eigenvalue weighted by Gasteiger charge is -2.28. The Morgan fingerprint density at radius 2 is 1.33 bits per heavy atom. The first kappa shape index (κ1) is 29.9. The molecule has 0 fully saturated rings. The van der Waals surface area contributed by atoms with Gasteiger partial charge in [-0.15, -0.1) is 45.3 Å². The van der Waals surface area contributed by atoms with E-state index in [0.717, 1.165) is 45.4 Å². The third-order valence-electron chi connectivity index (χ3n) is 9.38. The summed E-state index contributed by atoms with van der Waals surface area (Å²) in [4.78, 5) is 55.2. The first-order valence-electron chi connectivity index (χ1n) is 16.3. The van der Waals surface area contributed by atoms with Gasteiger partial charge in [-0.25, -0.2) is 4.98 Å². The first-order valence-corrected chi connectivity index (χ1v) is 19.7. The molecule has 0 unspecified atom stereocenters. The summed E-state index contributed by atoms with van der Waals surface area (Å²) >= 11 is 6.88. The lowest BCUT2D eigenvalue weighted by Crippen LogP contribution is -2.41. The molecule has 8 aromatic rings. The maximum Gasteiger partial charge on any atom is 0.264 e. The molecule has 1 aliphatic rings. The van der Waals surface area contributed by atoms with Crippen LogP contribution in [-0.2, 0) is 0 Å². The van der Waals surface area contributed by atoms with E-state index in [1.165, 1.54) is 43.7 Å². The number of amides is 2. The maximum atomic E-state index is 14.2. The molecule has 0 aliphatic carbocycles. The predicted molar refractivity (Wildman–Crippen MR) is 202 cm³/mol. The van der Waals surface area contributed by atoms with Crippen molar-refractivity contribution in [2.45, 2.75) is 45.4 Å². The van der Waals surface area contributed by atoms with Gasteiger partial charge in [-0.2, -0.15) is 0 Å². The number of hydrogen-bond donors (Lipinski definition) is 0. The van der Waals surface area contributed by atoms with E-state index in [-0.39, 0.29) is 17.4 Å². The maximum absolute atomic E-state index is 14.2. The minimum Gasteiger partial charge on any atom is -0.274 e. The fourth-order valence-electron chi connectivity index (χ4n) is 7.03. The Bertz CT molecular complexity index is 2560. The molecule has 0 saturated heterocycles. The molecule has 0 bridgehead atoms. The van der Waals surface area contributed by atoms with Crippen LogP contribution in [0.1, 0.15) is 66.2 Å². The van der Waals surface area contributed by atoms with Gasteiger partial charge in [0, 0.05) is 69.0 Å². The number of pyridine rings is 1. The Morgan fingerprint density at radius 1 is 0.667 bits per heavy atom. The Kier molecular flexibility index (Phi) is 7.30.